The van der Waals surface area contributed by atoms with E-state index in [0.29, 0.717) is 32.8 Å². The second kappa shape index (κ2) is 6.80. The van der Waals surface area contributed by atoms with Gasteiger partial charge in [-0.15, -0.1) is 0 Å². The van der Waals surface area contributed by atoms with Gasteiger partial charge in [0.1, 0.15) is 10.8 Å². The van der Waals surface area contributed by atoms with Crippen molar-refractivity contribution in [1.82, 2.24) is 9.97 Å². The Morgan fingerprint density at radius 1 is 1.20 bits per heavy atom. The highest BCUT2D eigenvalue weighted by Crippen LogP contribution is 2.37. The highest BCUT2D eigenvalue weighted by atomic mass is 79.9. The summed E-state index contributed by atoms with van der Waals surface area (Å²) in [4.78, 5) is 8.18. The number of hydrogen-bond donors (Lipinski definition) is 1. The van der Waals surface area contributed by atoms with Gasteiger partial charge >= 0.3 is 0 Å². The maximum Gasteiger partial charge on any atom is 0.243 e. The van der Waals surface area contributed by atoms with Crippen molar-refractivity contribution >= 4 is 56.7 Å². The molecule has 0 atom stereocenters. The normalized spacial score (nSPS) is 10.4. The monoisotopic (exact) mass is 395 g/mol. The maximum atomic E-state index is 6.09. The van der Waals surface area contributed by atoms with E-state index in [4.69, 9.17) is 39.5 Å². The zero-order chi connectivity index (χ0) is 14.7. The summed E-state index contributed by atoms with van der Waals surface area (Å²) in [5.74, 6) is 0.993. The number of anilines is 1. The Morgan fingerprint density at radius 3 is 2.65 bits per heavy atom. The fourth-order valence-corrected chi connectivity index (χ4v) is 2.31. The quantitative estimate of drug-likeness (QED) is 0.700. The Balaban J connectivity index is 2.34. The number of nitrogens with one attached hydrogen (secondary N) is 1. The van der Waals surface area contributed by atoms with Crippen LogP contribution in [-0.4, -0.2) is 16.5 Å². The Hall–Kier alpha value is -0.750. The molecule has 0 spiro atoms. The fraction of sp³-hybridized carbons (Fsp3) is 0.167. The second-order valence-corrected chi connectivity index (χ2v) is 5.75. The van der Waals surface area contributed by atoms with Gasteiger partial charge in [0.2, 0.25) is 11.8 Å². The first-order valence-corrected chi connectivity index (χ1v) is 7.52. The van der Waals surface area contributed by atoms with E-state index >= 15 is 0 Å². The zero-order valence-corrected chi connectivity index (χ0v) is 14.1. The molecule has 0 saturated carbocycles. The first-order chi connectivity index (χ1) is 9.51. The van der Waals surface area contributed by atoms with E-state index in [1.807, 2.05) is 6.92 Å². The summed E-state index contributed by atoms with van der Waals surface area (Å²) in [6.45, 7) is 2.62. The fourth-order valence-electron chi connectivity index (χ4n) is 1.35. The average molecular weight is 397 g/mol. The molecule has 0 saturated heterocycles. The molecule has 0 aliphatic carbocycles. The number of rotatable bonds is 4. The minimum Gasteiger partial charge on any atom is -0.436 e. The molecule has 4 nitrogen and oxygen atoms in total. The van der Waals surface area contributed by atoms with Gasteiger partial charge in [-0.3, -0.25) is 0 Å². The van der Waals surface area contributed by atoms with Gasteiger partial charge in [0.05, 0.1) is 16.2 Å². The molecule has 0 fully saturated rings. The van der Waals surface area contributed by atoms with E-state index < -0.39 is 0 Å². The van der Waals surface area contributed by atoms with Gasteiger partial charge in [-0.25, -0.2) is 4.98 Å². The summed E-state index contributed by atoms with van der Waals surface area (Å²) in [6, 6.07) is 3.22. The van der Waals surface area contributed by atoms with Gasteiger partial charge in [-0.2, -0.15) is 4.98 Å². The van der Waals surface area contributed by atoms with Gasteiger partial charge in [0.15, 0.2) is 0 Å². The van der Waals surface area contributed by atoms with Crippen LogP contribution in [0.4, 0.5) is 5.95 Å². The lowest BCUT2D eigenvalue weighted by Crippen LogP contribution is -2.03. The van der Waals surface area contributed by atoms with Gasteiger partial charge in [0, 0.05) is 17.1 Å². The van der Waals surface area contributed by atoms with Crippen LogP contribution < -0.4 is 10.1 Å². The van der Waals surface area contributed by atoms with Crippen LogP contribution in [0.5, 0.6) is 11.6 Å². The first kappa shape index (κ1) is 15.6. The molecular formula is C12H9BrCl3N3O. The minimum atomic E-state index is 0.206. The van der Waals surface area contributed by atoms with Crippen LogP contribution >= 0.6 is 50.7 Å². The van der Waals surface area contributed by atoms with E-state index in [2.05, 4.69) is 31.2 Å². The molecule has 106 valence electrons. The highest BCUT2D eigenvalue weighted by molar-refractivity contribution is 9.10. The number of hydrogen-bond acceptors (Lipinski definition) is 4. The SMILES string of the molecule is CCNc1ncc(Cl)c(Oc2cc(Cl)c(Br)cc2Cl)n1. The molecule has 0 amide bonds. The zero-order valence-electron chi connectivity index (χ0n) is 10.3. The molecule has 0 radical (unpaired) electrons. The molecule has 0 aliphatic heterocycles. The van der Waals surface area contributed by atoms with E-state index in [1.54, 1.807) is 12.1 Å². The molecule has 1 aromatic heterocycles. The Bertz CT molecular complexity index is 640. The van der Waals surface area contributed by atoms with Crippen LogP contribution in [0.2, 0.25) is 15.1 Å². The predicted molar refractivity (Wildman–Crippen MR) is 85.4 cm³/mol. The van der Waals surface area contributed by atoms with E-state index in [0.717, 1.165) is 0 Å². The molecule has 2 rings (SSSR count). The third-order valence-electron chi connectivity index (χ3n) is 2.23. The van der Waals surface area contributed by atoms with Crippen molar-refractivity contribution in [3.63, 3.8) is 0 Å². The largest absolute Gasteiger partial charge is 0.436 e. The van der Waals surface area contributed by atoms with Crippen molar-refractivity contribution in [2.75, 3.05) is 11.9 Å². The summed E-state index contributed by atoms with van der Waals surface area (Å²) in [5, 5.41) is 4.11. The molecular weight excluding hydrogens is 388 g/mol. The number of ether oxygens (including phenoxy) is 1. The molecule has 1 N–H and O–H groups in total. The molecule has 20 heavy (non-hydrogen) atoms. The van der Waals surface area contributed by atoms with Crippen molar-refractivity contribution in [2.24, 2.45) is 0 Å². The number of benzene rings is 1. The van der Waals surface area contributed by atoms with Crippen molar-refractivity contribution < 1.29 is 4.74 Å². The van der Waals surface area contributed by atoms with E-state index in [9.17, 15) is 0 Å². The van der Waals surface area contributed by atoms with Crippen LogP contribution in [0.25, 0.3) is 0 Å². The summed E-state index contributed by atoms with van der Waals surface area (Å²) in [5.41, 5.74) is 0. The molecule has 8 heteroatoms. The second-order valence-electron chi connectivity index (χ2n) is 3.68. The van der Waals surface area contributed by atoms with Crippen molar-refractivity contribution in [3.8, 4) is 11.6 Å². The van der Waals surface area contributed by atoms with Gasteiger partial charge in [0.25, 0.3) is 0 Å². The summed E-state index contributed by atoms with van der Waals surface area (Å²) >= 11 is 21.4. The topological polar surface area (TPSA) is 47.0 Å². The van der Waals surface area contributed by atoms with Crippen LogP contribution in [0, 0.1) is 0 Å². The molecule has 0 aliphatic rings. The van der Waals surface area contributed by atoms with Gasteiger partial charge in [-0.1, -0.05) is 34.8 Å². The molecule has 0 bridgehead atoms. The minimum absolute atomic E-state index is 0.206. The van der Waals surface area contributed by atoms with Crippen LogP contribution in [0.1, 0.15) is 6.92 Å². The summed E-state index contributed by atoms with van der Waals surface area (Å²) in [7, 11) is 0. The Labute approximate surface area is 139 Å². The lowest BCUT2D eigenvalue weighted by atomic mass is 10.3. The van der Waals surface area contributed by atoms with E-state index in [1.165, 1.54) is 6.20 Å². The summed E-state index contributed by atoms with van der Waals surface area (Å²) in [6.07, 6.45) is 1.45. The molecule has 0 unspecified atom stereocenters. The van der Waals surface area contributed by atoms with Gasteiger partial charge < -0.3 is 10.1 Å². The smallest absolute Gasteiger partial charge is 0.243 e. The predicted octanol–water partition coefficient (Wildman–Crippen LogP) is 5.42. The number of halogens is 4. The third-order valence-corrected chi connectivity index (χ3v) is 3.98. The Kier molecular flexibility index (Phi) is 5.32. The van der Waals surface area contributed by atoms with Crippen LogP contribution in [0.15, 0.2) is 22.8 Å². The standard InChI is InChI=1S/C12H9BrCl3N3O/c1-2-17-12-18-5-9(16)11(19-12)20-10-4-7(14)6(13)3-8(10)15/h3-5H,2H2,1H3,(H,17,18,19). The van der Waals surface area contributed by atoms with Gasteiger partial charge in [-0.05, 0) is 28.9 Å². The van der Waals surface area contributed by atoms with Crippen molar-refractivity contribution in [3.05, 3.63) is 37.9 Å². The molecule has 1 aromatic carbocycles. The maximum absolute atomic E-state index is 6.09. The molecule has 1 heterocycles. The number of nitrogens with zero attached hydrogens (tertiary/aromatic N) is 2. The lowest BCUT2D eigenvalue weighted by Gasteiger charge is -2.10. The Morgan fingerprint density at radius 2 is 1.95 bits per heavy atom. The van der Waals surface area contributed by atoms with Crippen LogP contribution in [-0.2, 0) is 0 Å². The summed E-state index contributed by atoms with van der Waals surface area (Å²) < 4.78 is 6.28. The average Bonchev–Trinajstić information content (AvgIpc) is 2.40. The highest BCUT2D eigenvalue weighted by Gasteiger charge is 2.12. The van der Waals surface area contributed by atoms with Crippen LogP contribution in [0.3, 0.4) is 0 Å². The van der Waals surface area contributed by atoms with Crippen molar-refractivity contribution in [2.45, 2.75) is 6.92 Å². The van der Waals surface area contributed by atoms with E-state index in [-0.39, 0.29) is 10.9 Å². The first-order valence-electron chi connectivity index (χ1n) is 5.60. The lowest BCUT2D eigenvalue weighted by molar-refractivity contribution is 0.463. The van der Waals surface area contributed by atoms with Crippen molar-refractivity contribution in [1.29, 1.82) is 0 Å². The molecule has 2 aromatic rings. The third kappa shape index (κ3) is 3.67. The number of aromatic nitrogens is 2.